The number of fused-ring (bicyclic) bond motifs is 5. The minimum atomic E-state index is -0.241. The van der Waals surface area contributed by atoms with Gasteiger partial charge < -0.3 is 5.11 Å². The Morgan fingerprint density at radius 3 is 2.53 bits per heavy atom. The van der Waals surface area contributed by atoms with Crippen molar-refractivity contribution < 1.29 is 9.90 Å². The van der Waals surface area contributed by atoms with Crippen molar-refractivity contribution in [1.82, 2.24) is 0 Å². The molecule has 3 nitrogen and oxygen atoms in total. The van der Waals surface area contributed by atoms with Crippen LogP contribution in [0.15, 0.2) is 41.5 Å². The highest BCUT2D eigenvalue weighted by Gasteiger charge is 2.59. The van der Waals surface area contributed by atoms with E-state index in [1.54, 1.807) is 0 Å². The van der Waals surface area contributed by atoms with Gasteiger partial charge in [-0.25, -0.2) is 0 Å². The molecule has 0 aliphatic heterocycles. The van der Waals surface area contributed by atoms with E-state index >= 15 is 0 Å². The van der Waals surface area contributed by atoms with Crippen LogP contribution in [0.3, 0.4) is 0 Å². The number of carbonyl (C=O) groups is 1. The second-order valence-corrected chi connectivity index (χ2v) is 10.5. The molecule has 1 N–H and O–H groups in total. The third-order valence-corrected chi connectivity index (χ3v) is 9.10. The summed E-state index contributed by atoms with van der Waals surface area (Å²) in [6.45, 7) is 4.64. The average Bonchev–Trinajstić information content (AvgIpc) is 3.00. The van der Waals surface area contributed by atoms with E-state index in [4.69, 9.17) is 5.26 Å². The fraction of sp³-hybridized carbons (Fsp3) is 0.556. The van der Waals surface area contributed by atoms with Crippen LogP contribution in [0.4, 0.5) is 0 Å². The first-order valence-corrected chi connectivity index (χ1v) is 11.5. The topological polar surface area (TPSA) is 61.1 Å². The molecule has 5 rings (SSSR count). The number of carbonyl (C=O) groups excluding carboxylic acids is 1. The Morgan fingerprint density at radius 1 is 1.07 bits per heavy atom. The molecule has 1 aromatic carbocycles. The molecule has 6 atom stereocenters. The summed E-state index contributed by atoms with van der Waals surface area (Å²) in [5.41, 5.74) is 4.06. The molecule has 0 unspecified atom stereocenters. The number of allylic oxidation sites excluding steroid dienone is 2. The molecule has 0 amide bonds. The summed E-state index contributed by atoms with van der Waals surface area (Å²) < 4.78 is 0. The second kappa shape index (κ2) is 6.92. The van der Waals surface area contributed by atoms with Crippen LogP contribution in [0.1, 0.15) is 69.9 Å². The Morgan fingerprint density at radius 2 is 1.80 bits per heavy atom. The van der Waals surface area contributed by atoms with Crippen molar-refractivity contribution in [3.63, 3.8) is 0 Å². The molecule has 156 valence electrons. The van der Waals surface area contributed by atoms with Crippen molar-refractivity contribution in [1.29, 1.82) is 5.26 Å². The summed E-state index contributed by atoms with van der Waals surface area (Å²) in [6, 6.07) is 9.68. The Labute approximate surface area is 179 Å². The van der Waals surface area contributed by atoms with Gasteiger partial charge in [-0.3, -0.25) is 4.79 Å². The van der Waals surface area contributed by atoms with Gasteiger partial charge >= 0.3 is 0 Å². The lowest BCUT2D eigenvalue weighted by atomic mass is 9.48. The van der Waals surface area contributed by atoms with E-state index in [1.165, 1.54) is 5.57 Å². The zero-order valence-corrected chi connectivity index (χ0v) is 18.0. The Bertz CT molecular complexity index is 981. The van der Waals surface area contributed by atoms with Gasteiger partial charge in [0.2, 0.25) is 0 Å². The quantitative estimate of drug-likeness (QED) is 0.503. The van der Waals surface area contributed by atoms with E-state index in [-0.39, 0.29) is 16.9 Å². The van der Waals surface area contributed by atoms with Gasteiger partial charge in [0.25, 0.3) is 0 Å². The van der Waals surface area contributed by atoms with Crippen LogP contribution >= 0.6 is 0 Å². The number of aliphatic hydroxyl groups is 1. The minimum absolute atomic E-state index is 0.176. The van der Waals surface area contributed by atoms with Crippen LogP contribution < -0.4 is 0 Å². The number of hydrogen-bond donors (Lipinski definition) is 1. The summed E-state index contributed by atoms with van der Waals surface area (Å²) >= 11 is 0. The first-order valence-electron chi connectivity index (χ1n) is 11.5. The van der Waals surface area contributed by atoms with Crippen molar-refractivity contribution in [2.75, 3.05) is 0 Å². The van der Waals surface area contributed by atoms with Crippen LogP contribution in [-0.4, -0.2) is 17.0 Å². The van der Waals surface area contributed by atoms with E-state index in [0.29, 0.717) is 29.1 Å². The molecule has 3 heteroatoms. The molecule has 0 aromatic heterocycles. The molecule has 1 aromatic rings. The molecular weight excluding hydrogens is 370 g/mol. The lowest BCUT2D eigenvalue weighted by Crippen LogP contribution is -2.50. The molecule has 4 aliphatic rings. The summed E-state index contributed by atoms with van der Waals surface area (Å²) in [7, 11) is 0. The van der Waals surface area contributed by atoms with Gasteiger partial charge in [-0.1, -0.05) is 37.6 Å². The minimum Gasteiger partial charge on any atom is -0.393 e. The van der Waals surface area contributed by atoms with Gasteiger partial charge in [0, 0.05) is 5.41 Å². The van der Waals surface area contributed by atoms with Crippen molar-refractivity contribution in [2.24, 2.45) is 28.6 Å². The zero-order valence-electron chi connectivity index (χ0n) is 18.0. The maximum atomic E-state index is 13.5. The van der Waals surface area contributed by atoms with Gasteiger partial charge in [0.15, 0.2) is 5.78 Å². The highest BCUT2D eigenvalue weighted by Crippen LogP contribution is 2.64. The molecular formula is C27H31NO2. The number of rotatable bonds is 1. The number of hydrogen-bond acceptors (Lipinski definition) is 3. The number of aliphatic hydroxyl groups excluding tert-OH is 1. The molecule has 30 heavy (non-hydrogen) atoms. The highest BCUT2D eigenvalue weighted by molar-refractivity contribution is 6.05. The highest BCUT2D eigenvalue weighted by atomic mass is 16.3. The van der Waals surface area contributed by atoms with Crippen LogP contribution in [0.25, 0.3) is 6.08 Å². The number of benzene rings is 1. The van der Waals surface area contributed by atoms with Crippen molar-refractivity contribution in [3.8, 4) is 6.07 Å². The van der Waals surface area contributed by atoms with Crippen molar-refractivity contribution >= 4 is 11.9 Å². The smallest absolute Gasteiger partial charge is 0.165 e. The Hall–Kier alpha value is -2.18. The van der Waals surface area contributed by atoms with Gasteiger partial charge in [0.05, 0.1) is 17.7 Å². The molecule has 0 saturated heterocycles. The summed E-state index contributed by atoms with van der Waals surface area (Å²) in [6.07, 6.45) is 11.2. The molecule has 3 saturated carbocycles. The molecule has 0 radical (unpaired) electrons. The monoisotopic (exact) mass is 401 g/mol. The standard InChI is InChI=1S/C27H31NO2/c1-26-11-9-21(29)15-20(26)7-8-22-23(26)10-12-27(2)24(22)14-19(25(27)30)13-17-3-5-18(16-28)6-4-17/h3-7,13,21-24,29H,8-12,14-15H2,1-2H3/t21-,22+,23-,24-,26-,27-/m0/s1. The van der Waals surface area contributed by atoms with Crippen LogP contribution in [0, 0.1) is 39.9 Å². The third-order valence-electron chi connectivity index (χ3n) is 9.10. The van der Waals surface area contributed by atoms with Gasteiger partial charge in [-0.05, 0) is 97.5 Å². The van der Waals surface area contributed by atoms with E-state index in [9.17, 15) is 9.90 Å². The lowest BCUT2D eigenvalue weighted by Gasteiger charge is -2.56. The number of nitrogens with zero attached hydrogens (tertiary/aromatic N) is 1. The van der Waals surface area contributed by atoms with Crippen LogP contribution in [-0.2, 0) is 4.79 Å². The van der Waals surface area contributed by atoms with Crippen LogP contribution in [0.5, 0.6) is 0 Å². The molecule has 4 aliphatic carbocycles. The maximum absolute atomic E-state index is 13.5. The maximum Gasteiger partial charge on any atom is 0.165 e. The van der Waals surface area contributed by atoms with Gasteiger partial charge in [-0.15, -0.1) is 0 Å². The van der Waals surface area contributed by atoms with Crippen molar-refractivity contribution in [2.45, 2.75) is 64.9 Å². The fourth-order valence-electron chi connectivity index (χ4n) is 7.30. The Kier molecular flexibility index (Phi) is 4.56. The average molecular weight is 402 g/mol. The molecule has 0 heterocycles. The van der Waals surface area contributed by atoms with Gasteiger partial charge in [-0.2, -0.15) is 5.26 Å². The first kappa shape index (κ1) is 19.8. The zero-order chi connectivity index (χ0) is 21.1. The number of Topliss-reactive ketones (excluding diaryl/α,β-unsaturated/α-hetero) is 1. The van der Waals surface area contributed by atoms with Crippen molar-refractivity contribution in [3.05, 3.63) is 52.6 Å². The Balaban J connectivity index is 1.46. The van der Waals surface area contributed by atoms with E-state index < -0.39 is 0 Å². The fourth-order valence-corrected chi connectivity index (χ4v) is 7.30. The van der Waals surface area contributed by atoms with Crippen LogP contribution in [0.2, 0.25) is 0 Å². The van der Waals surface area contributed by atoms with E-state index in [1.807, 2.05) is 24.3 Å². The predicted molar refractivity (Wildman–Crippen MR) is 117 cm³/mol. The summed E-state index contributed by atoms with van der Waals surface area (Å²) in [4.78, 5) is 13.5. The molecule has 3 fully saturated rings. The molecule has 0 spiro atoms. The number of nitriles is 1. The van der Waals surface area contributed by atoms with Gasteiger partial charge in [0.1, 0.15) is 0 Å². The first-order chi connectivity index (χ1) is 14.3. The predicted octanol–water partition coefficient (Wildman–Crippen LogP) is 5.44. The lowest BCUT2D eigenvalue weighted by molar-refractivity contribution is -0.130. The SMILES string of the molecule is C[C@]12CC[C@H](O)CC1=CC[C@@H]1[C@@H]2CC[C@]2(C)C(=O)C(=Cc3ccc(C#N)cc3)C[C@@H]12. The van der Waals surface area contributed by atoms with E-state index in [2.05, 4.69) is 32.1 Å². The summed E-state index contributed by atoms with van der Waals surface area (Å²) in [5, 5.41) is 19.2. The molecule has 0 bridgehead atoms. The number of ketones is 1. The normalized spacial score (nSPS) is 41.5. The second-order valence-electron chi connectivity index (χ2n) is 10.5. The third kappa shape index (κ3) is 2.84. The summed E-state index contributed by atoms with van der Waals surface area (Å²) in [5.74, 6) is 1.94. The largest absolute Gasteiger partial charge is 0.393 e. The van der Waals surface area contributed by atoms with E-state index in [0.717, 1.165) is 56.1 Å².